The molecule has 0 heterocycles. The average molecular weight is 311 g/mol. The third-order valence-electron chi connectivity index (χ3n) is 4.09. The second kappa shape index (κ2) is 6.58. The minimum absolute atomic E-state index is 0.0205. The topological polar surface area (TPSA) is 83.5 Å². The van der Waals surface area contributed by atoms with E-state index in [9.17, 15) is 13.2 Å². The molecule has 1 fully saturated rings. The van der Waals surface area contributed by atoms with E-state index in [2.05, 4.69) is 11.6 Å². The molecule has 1 saturated carbocycles. The van der Waals surface area contributed by atoms with Crippen molar-refractivity contribution in [3.63, 3.8) is 0 Å². The number of carboxylic acid groups (broad SMARTS) is 1. The summed E-state index contributed by atoms with van der Waals surface area (Å²) in [6.45, 7) is 2.13. The molecular weight excluding hydrogens is 290 g/mol. The highest BCUT2D eigenvalue weighted by atomic mass is 32.2. The van der Waals surface area contributed by atoms with Gasteiger partial charge in [0.15, 0.2) is 0 Å². The average Bonchev–Trinajstić information content (AvgIpc) is 2.47. The molecule has 0 spiro atoms. The first-order valence-electron chi connectivity index (χ1n) is 7.28. The molecule has 0 radical (unpaired) electrons. The Morgan fingerprint density at radius 1 is 1.29 bits per heavy atom. The van der Waals surface area contributed by atoms with Crippen LogP contribution < -0.4 is 4.72 Å². The second-order valence-corrected chi connectivity index (χ2v) is 7.30. The van der Waals surface area contributed by atoms with E-state index in [1.54, 1.807) is 0 Å². The summed E-state index contributed by atoms with van der Waals surface area (Å²) in [6, 6.07) is 5.28. The summed E-state index contributed by atoms with van der Waals surface area (Å²) < 4.78 is 27.4. The van der Waals surface area contributed by atoms with Gasteiger partial charge in [0.2, 0.25) is 10.0 Å². The van der Waals surface area contributed by atoms with Crippen molar-refractivity contribution in [2.75, 3.05) is 0 Å². The van der Waals surface area contributed by atoms with Gasteiger partial charge in [0.1, 0.15) is 0 Å². The van der Waals surface area contributed by atoms with E-state index >= 15 is 0 Å². The third-order valence-corrected chi connectivity index (χ3v) is 5.63. The van der Waals surface area contributed by atoms with Gasteiger partial charge in [-0.15, -0.1) is 0 Å². The van der Waals surface area contributed by atoms with Gasteiger partial charge >= 0.3 is 5.97 Å². The van der Waals surface area contributed by atoms with Crippen molar-refractivity contribution in [2.24, 2.45) is 5.92 Å². The van der Waals surface area contributed by atoms with Crippen molar-refractivity contribution >= 4 is 16.0 Å². The predicted octanol–water partition coefficient (Wildman–Crippen LogP) is 2.63. The molecule has 5 nitrogen and oxygen atoms in total. The molecule has 2 N–H and O–H groups in total. The number of aromatic carboxylic acids is 1. The van der Waals surface area contributed by atoms with Crippen LogP contribution in [0.15, 0.2) is 29.2 Å². The predicted molar refractivity (Wildman–Crippen MR) is 79.8 cm³/mol. The van der Waals surface area contributed by atoms with Crippen molar-refractivity contribution in [1.82, 2.24) is 4.72 Å². The van der Waals surface area contributed by atoms with E-state index in [0.29, 0.717) is 5.92 Å². The first-order valence-corrected chi connectivity index (χ1v) is 8.76. The van der Waals surface area contributed by atoms with Crippen molar-refractivity contribution in [1.29, 1.82) is 0 Å². The lowest BCUT2D eigenvalue weighted by atomic mass is 9.85. The van der Waals surface area contributed by atoms with Crippen LogP contribution in [-0.2, 0) is 10.0 Å². The third kappa shape index (κ3) is 4.04. The van der Waals surface area contributed by atoms with Gasteiger partial charge < -0.3 is 5.11 Å². The lowest BCUT2D eigenvalue weighted by Crippen LogP contribution is -2.38. The molecule has 2 rings (SSSR count). The normalized spacial score (nSPS) is 22.9. The smallest absolute Gasteiger partial charge is 0.335 e. The standard InChI is InChI=1S/C15H21NO4S/c1-2-11-4-3-5-13(10-11)16-21(19,20)14-8-6-12(7-9-14)15(17)18/h6-9,11,13,16H,2-5,10H2,1H3,(H,17,18). The summed E-state index contributed by atoms with van der Waals surface area (Å²) in [6.07, 6.45) is 5.03. The van der Waals surface area contributed by atoms with Gasteiger partial charge in [-0.2, -0.15) is 0 Å². The number of benzene rings is 1. The molecular formula is C15H21NO4S. The number of hydrogen-bond donors (Lipinski definition) is 2. The zero-order valence-electron chi connectivity index (χ0n) is 12.1. The molecule has 0 amide bonds. The number of rotatable bonds is 5. The summed E-state index contributed by atoms with van der Waals surface area (Å²) in [7, 11) is -3.58. The highest BCUT2D eigenvalue weighted by molar-refractivity contribution is 7.89. The molecule has 1 aliphatic rings. The highest BCUT2D eigenvalue weighted by Crippen LogP contribution is 2.27. The van der Waals surface area contributed by atoms with Crippen LogP contribution in [0.2, 0.25) is 0 Å². The van der Waals surface area contributed by atoms with Crippen LogP contribution in [0.5, 0.6) is 0 Å². The maximum atomic E-state index is 12.3. The molecule has 1 aromatic carbocycles. The Balaban J connectivity index is 2.09. The van der Waals surface area contributed by atoms with E-state index in [-0.39, 0.29) is 16.5 Å². The fraction of sp³-hybridized carbons (Fsp3) is 0.533. The van der Waals surface area contributed by atoms with Gasteiger partial charge in [-0.05, 0) is 43.0 Å². The Morgan fingerprint density at radius 2 is 1.95 bits per heavy atom. The Kier molecular flexibility index (Phi) is 5.00. The minimum Gasteiger partial charge on any atom is -0.478 e. The van der Waals surface area contributed by atoms with Crippen molar-refractivity contribution in [2.45, 2.75) is 50.0 Å². The Morgan fingerprint density at radius 3 is 2.52 bits per heavy atom. The first kappa shape index (κ1) is 16.0. The summed E-state index contributed by atoms with van der Waals surface area (Å²) >= 11 is 0. The Bertz CT molecular complexity index is 595. The lowest BCUT2D eigenvalue weighted by Gasteiger charge is -2.28. The van der Waals surface area contributed by atoms with E-state index < -0.39 is 16.0 Å². The highest BCUT2D eigenvalue weighted by Gasteiger charge is 2.25. The largest absolute Gasteiger partial charge is 0.478 e. The zero-order chi connectivity index (χ0) is 15.5. The van der Waals surface area contributed by atoms with Crippen molar-refractivity contribution in [3.8, 4) is 0 Å². The fourth-order valence-electron chi connectivity index (χ4n) is 2.83. The lowest BCUT2D eigenvalue weighted by molar-refractivity contribution is 0.0696. The SMILES string of the molecule is CCC1CCCC(NS(=O)(=O)c2ccc(C(=O)O)cc2)C1. The molecule has 1 aromatic rings. The molecule has 1 aliphatic carbocycles. The van der Waals surface area contributed by atoms with Crippen LogP contribution in [0, 0.1) is 5.92 Å². The van der Waals surface area contributed by atoms with E-state index in [1.807, 2.05) is 0 Å². The quantitative estimate of drug-likeness (QED) is 0.875. The molecule has 2 unspecified atom stereocenters. The zero-order valence-corrected chi connectivity index (χ0v) is 12.9. The Labute approximate surface area is 125 Å². The van der Waals surface area contributed by atoms with Crippen molar-refractivity contribution in [3.05, 3.63) is 29.8 Å². The van der Waals surface area contributed by atoms with Crippen LogP contribution in [0.3, 0.4) is 0 Å². The second-order valence-electron chi connectivity index (χ2n) is 5.59. The maximum absolute atomic E-state index is 12.3. The fourth-order valence-corrected chi connectivity index (χ4v) is 4.12. The van der Waals surface area contributed by atoms with Gasteiger partial charge in [-0.25, -0.2) is 17.9 Å². The molecule has 0 saturated heterocycles. The molecule has 2 atom stereocenters. The Hall–Kier alpha value is -1.40. The summed E-state index contributed by atoms with van der Waals surface area (Å²) in [5.74, 6) is -0.481. The van der Waals surface area contributed by atoms with Gasteiger partial charge in [0.25, 0.3) is 0 Å². The minimum atomic E-state index is -3.58. The number of carbonyl (C=O) groups is 1. The molecule has 0 bridgehead atoms. The van der Waals surface area contributed by atoms with Crippen LogP contribution in [0.4, 0.5) is 0 Å². The molecule has 0 aromatic heterocycles. The van der Waals surface area contributed by atoms with Gasteiger partial charge in [-0.3, -0.25) is 0 Å². The van der Waals surface area contributed by atoms with E-state index in [4.69, 9.17) is 5.11 Å². The molecule has 116 valence electrons. The monoisotopic (exact) mass is 311 g/mol. The van der Waals surface area contributed by atoms with Gasteiger partial charge in [0.05, 0.1) is 10.5 Å². The van der Waals surface area contributed by atoms with E-state index in [1.165, 1.54) is 30.7 Å². The maximum Gasteiger partial charge on any atom is 0.335 e. The van der Waals surface area contributed by atoms with Gasteiger partial charge in [-0.1, -0.05) is 26.2 Å². The van der Waals surface area contributed by atoms with Crippen LogP contribution in [-0.4, -0.2) is 25.5 Å². The molecule has 21 heavy (non-hydrogen) atoms. The van der Waals surface area contributed by atoms with Crippen molar-refractivity contribution < 1.29 is 18.3 Å². The summed E-state index contributed by atoms with van der Waals surface area (Å²) in [5, 5.41) is 8.83. The molecule has 0 aliphatic heterocycles. The van der Waals surface area contributed by atoms with Crippen LogP contribution in [0.25, 0.3) is 0 Å². The number of nitrogens with one attached hydrogen (secondary N) is 1. The van der Waals surface area contributed by atoms with Crippen LogP contribution >= 0.6 is 0 Å². The molecule has 6 heteroatoms. The van der Waals surface area contributed by atoms with Crippen LogP contribution in [0.1, 0.15) is 49.4 Å². The van der Waals surface area contributed by atoms with Gasteiger partial charge in [0, 0.05) is 6.04 Å². The summed E-state index contributed by atoms with van der Waals surface area (Å²) in [4.78, 5) is 10.9. The number of sulfonamides is 1. The number of hydrogen-bond acceptors (Lipinski definition) is 3. The summed E-state index contributed by atoms with van der Waals surface area (Å²) in [5.41, 5.74) is 0.0812. The van der Waals surface area contributed by atoms with E-state index in [0.717, 1.165) is 25.7 Å². The number of carboxylic acids is 1. The first-order chi connectivity index (χ1) is 9.92.